The Morgan fingerprint density at radius 3 is 2.57 bits per heavy atom. The number of carbonyl (C=O) groups is 1. The standard InChI is InChI=1S/C20H15F4N3O3/c21-15-6-1-2-7-17(15)27-18(28)9-8-16(26-27)19(29)25-10-11-30-14-5-3-4-13(12-14)20(22,23)24/h1-9,12H,10-11H2,(H,25,29). The summed E-state index contributed by atoms with van der Waals surface area (Å²) in [6, 6.07) is 12.1. The Hall–Kier alpha value is -3.69. The molecule has 0 bridgehead atoms. The minimum absolute atomic E-state index is 0.00491. The molecule has 2 aromatic carbocycles. The molecule has 0 fully saturated rings. The molecule has 0 radical (unpaired) electrons. The van der Waals surface area contributed by atoms with Crippen LogP contribution in [0.15, 0.2) is 65.5 Å². The van der Waals surface area contributed by atoms with Gasteiger partial charge in [0.25, 0.3) is 11.5 Å². The molecule has 0 saturated heterocycles. The first-order valence-corrected chi connectivity index (χ1v) is 8.69. The van der Waals surface area contributed by atoms with E-state index < -0.39 is 29.0 Å². The van der Waals surface area contributed by atoms with E-state index >= 15 is 0 Å². The van der Waals surface area contributed by atoms with Crippen LogP contribution in [0.4, 0.5) is 17.6 Å². The number of halogens is 4. The SMILES string of the molecule is O=C(NCCOc1cccc(C(F)(F)F)c1)c1ccc(=O)n(-c2ccccc2F)n1. The van der Waals surface area contributed by atoms with Crippen molar-refractivity contribution < 1.29 is 27.1 Å². The van der Waals surface area contributed by atoms with Gasteiger partial charge in [-0.25, -0.2) is 4.39 Å². The second-order valence-electron chi connectivity index (χ2n) is 6.05. The van der Waals surface area contributed by atoms with Gasteiger partial charge >= 0.3 is 6.18 Å². The van der Waals surface area contributed by atoms with Gasteiger partial charge in [0, 0.05) is 6.07 Å². The lowest BCUT2D eigenvalue weighted by Gasteiger charge is -2.11. The smallest absolute Gasteiger partial charge is 0.416 e. The lowest BCUT2D eigenvalue weighted by molar-refractivity contribution is -0.137. The fraction of sp³-hybridized carbons (Fsp3) is 0.150. The molecular weight excluding hydrogens is 406 g/mol. The molecule has 10 heteroatoms. The minimum atomic E-state index is -4.49. The van der Waals surface area contributed by atoms with Crippen molar-refractivity contribution in [3.05, 3.63) is 88.1 Å². The summed E-state index contributed by atoms with van der Waals surface area (Å²) in [6.07, 6.45) is -4.49. The average Bonchev–Trinajstić information content (AvgIpc) is 2.71. The van der Waals surface area contributed by atoms with Crippen molar-refractivity contribution in [3.63, 3.8) is 0 Å². The van der Waals surface area contributed by atoms with Crippen LogP contribution in [0.5, 0.6) is 5.75 Å². The molecule has 6 nitrogen and oxygen atoms in total. The van der Waals surface area contributed by atoms with Crippen LogP contribution in [0.25, 0.3) is 5.69 Å². The second kappa shape index (κ2) is 8.76. The number of nitrogens with one attached hydrogen (secondary N) is 1. The molecule has 0 unspecified atom stereocenters. The van der Waals surface area contributed by atoms with E-state index in [2.05, 4.69) is 10.4 Å². The van der Waals surface area contributed by atoms with Gasteiger partial charge in [-0.2, -0.15) is 23.0 Å². The van der Waals surface area contributed by atoms with Crippen molar-refractivity contribution in [2.24, 2.45) is 0 Å². The third-order valence-corrected chi connectivity index (χ3v) is 3.93. The van der Waals surface area contributed by atoms with E-state index in [-0.39, 0.29) is 30.3 Å². The van der Waals surface area contributed by atoms with Crippen molar-refractivity contribution in [3.8, 4) is 11.4 Å². The van der Waals surface area contributed by atoms with Crippen molar-refractivity contribution >= 4 is 5.91 Å². The first-order valence-electron chi connectivity index (χ1n) is 8.69. The predicted octanol–water partition coefficient (Wildman–Crippen LogP) is 3.20. The minimum Gasteiger partial charge on any atom is -0.492 e. The van der Waals surface area contributed by atoms with Crippen LogP contribution in [0.2, 0.25) is 0 Å². The number of rotatable bonds is 6. The molecule has 1 heterocycles. The molecule has 1 N–H and O–H groups in total. The predicted molar refractivity (Wildman–Crippen MR) is 99.1 cm³/mol. The molecule has 1 aromatic heterocycles. The number of nitrogens with zero attached hydrogens (tertiary/aromatic N) is 2. The van der Waals surface area contributed by atoms with E-state index in [0.717, 1.165) is 28.9 Å². The quantitative estimate of drug-likeness (QED) is 0.490. The molecule has 30 heavy (non-hydrogen) atoms. The molecule has 0 saturated carbocycles. The van der Waals surface area contributed by atoms with Gasteiger partial charge in [0.1, 0.15) is 29.6 Å². The van der Waals surface area contributed by atoms with Crippen LogP contribution < -0.4 is 15.6 Å². The second-order valence-corrected chi connectivity index (χ2v) is 6.05. The molecular formula is C20H15F4N3O3. The van der Waals surface area contributed by atoms with E-state index in [1.165, 1.54) is 36.4 Å². The van der Waals surface area contributed by atoms with E-state index in [0.29, 0.717) is 0 Å². The summed E-state index contributed by atoms with van der Waals surface area (Å²) in [5, 5.41) is 6.33. The molecule has 0 spiro atoms. The Bertz CT molecular complexity index is 1110. The van der Waals surface area contributed by atoms with Gasteiger partial charge in [-0.3, -0.25) is 9.59 Å². The number of benzene rings is 2. The zero-order valence-corrected chi connectivity index (χ0v) is 15.3. The lowest BCUT2D eigenvalue weighted by Crippen LogP contribution is -2.31. The van der Waals surface area contributed by atoms with E-state index in [1.54, 1.807) is 0 Å². The van der Waals surface area contributed by atoms with Gasteiger partial charge in [-0.05, 0) is 36.4 Å². The highest BCUT2D eigenvalue weighted by Crippen LogP contribution is 2.31. The summed E-state index contributed by atoms with van der Waals surface area (Å²) in [4.78, 5) is 24.2. The first kappa shape index (κ1) is 21.0. The molecule has 1 amide bonds. The maximum absolute atomic E-state index is 13.9. The largest absolute Gasteiger partial charge is 0.492 e. The summed E-state index contributed by atoms with van der Waals surface area (Å²) in [5.41, 5.74) is -1.71. The Labute approximate surface area is 167 Å². The number of hydrogen-bond acceptors (Lipinski definition) is 4. The maximum Gasteiger partial charge on any atom is 0.416 e. The Morgan fingerprint density at radius 1 is 1.07 bits per heavy atom. The number of aromatic nitrogens is 2. The topological polar surface area (TPSA) is 73.2 Å². The number of ether oxygens (including phenoxy) is 1. The number of amides is 1. The first-order chi connectivity index (χ1) is 14.3. The highest BCUT2D eigenvalue weighted by molar-refractivity contribution is 5.92. The van der Waals surface area contributed by atoms with E-state index in [1.807, 2.05) is 0 Å². The molecule has 0 aliphatic carbocycles. The van der Waals surface area contributed by atoms with Gasteiger partial charge in [0.05, 0.1) is 12.1 Å². The number of hydrogen-bond donors (Lipinski definition) is 1. The molecule has 0 atom stereocenters. The molecule has 3 aromatic rings. The number of alkyl halides is 3. The van der Waals surface area contributed by atoms with Gasteiger partial charge in [-0.15, -0.1) is 0 Å². The highest BCUT2D eigenvalue weighted by Gasteiger charge is 2.30. The summed E-state index contributed by atoms with van der Waals surface area (Å²) in [7, 11) is 0. The van der Waals surface area contributed by atoms with Crippen LogP contribution >= 0.6 is 0 Å². The summed E-state index contributed by atoms with van der Waals surface area (Å²) >= 11 is 0. The zero-order chi connectivity index (χ0) is 21.7. The van der Waals surface area contributed by atoms with Crippen LogP contribution in [0.3, 0.4) is 0 Å². The van der Waals surface area contributed by atoms with Crippen molar-refractivity contribution in [2.75, 3.05) is 13.2 Å². The van der Waals surface area contributed by atoms with Crippen LogP contribution in [-0.2, 0) is 6.18 Å². The van der Waals surface area contributed by atoms with Crippen LogP contribution in [0.1, 0.15) is 16.1 Å². The van der Waals surface area contributed by atoms with Crippen molar-refractivity contribution in [1.29, 1.82) is 0 Å². The normalized spacial score (nSPS) is 11.2. The molecule has 0 aliphatic rings. The fourth-order valence-corrected chi connectivity index (χ4v) is 2.51. The van der Waals surface area contributed by atoms with E-state index in [9.17, 15) is 27.2 Å². The third kappa shape index (κ3) is 5.02. The Morgan fingerprint density at radius 2 is 1.83 bits per heavy atom. The lowest BCUT2D eigenvalue weighted by atomic mass is 10.2. The summed E-state index contributed by atoms with van der Waals surface area (Å²) in [5.74, 6) is -1.34. The van der Waals surface area contributed by atoms with Gasteiger partial charge in [-0.1, -0.05) is 18.2 Å². The number of carbonyl (C=O) groups excluding carboxylic acids is 1. The summed E-state index contributed by atoms with van der Waals surface area (Å²) in [6.45, 7) is -0.129. The Kier molecular flexibility index (Phi) is 6.14. The average molecular weight is 421 g/mol. The van der Waals surface area contributed by atoms with Gasteiger partial charge < -0.3 is 10.1 Å². The molecule has 3 rings (SSSR count). The fourth-order valence-electron chi connectivity index (χ4n) is 2.51. The maximum atomic E-state index is 13.9. The zero-order valence-electron chi connectivity index (χ0n) is 15.3. The van der Waals surface area contributed by atoms with Gasteiger partial charge in [0.2, 0.25) is 0 Å². The number of para-hydroxylation sites is 1. The van der Waals surface area contributed by atoms with Crippen LogP contribution in [0, 0.1) is 5.82 Å². The summed E-state index contributed by atoms with van der Waals surface area (Å²) < 4.78 is 58.0. The van der Waals surface area contributed by atoms with Crippen LogP contribution in [-0.4, -0.2) is 28.8 Å². The van der Waals surface area contributed by atoms with Gasteiger partial charge in [0.15, 0.2) is 0 Å². The van der Waals surface area contributed by atoms with E-state index in [4.69, 9.17) is 4.74 Å². The molecule has 156 valence electrons. The molecule has 0 aliphatic heterocycles. The Balaban J connectivity index is 1.62. The van der Waals surface area contributed by atoms with Crippen molar-refractivity contribution in [2.45, 2.75) is 6.18 Å². The monoisotopic (exact) mass is 421 g/mol. The highest BCUT2D eigenvalue weighted by atomic mass is 19.4. The third-order valence-electron chi connectivity index (χ3n) is 3.93. The van der Waals surface area contributed by atoms with Crippen molar-refractivity contribution in [1.82, 2.24) is 15.1 Å².